The molecule has 0 aliphatic carbocycles. The summed E-state index contributed by atoms with van der Waals surface area (Å²) >= 11 is 0. The van der Waals surface area contributed by atoms with Crippen LogP contribution in [0.25, 0.3) is 0 Å². The fraction of sp³-hybridized carbons (Fsp3) is 0.364. The predicted octanol–water partition coefficient (Wildman–Crippen LogP) is 3.55. The minimum Gasteiger partial charge on any atom is -0.481 e. The standard InChI is InChI=1S/C33H38N6O6/c1-23-3-5-24(6-4-23)27(22-30(40)41)35-32(43)26-7-8-29(28(21-26)36-31(42)25-9-11-34-12-10-25)37-13-2-14-38(16-15-37)33(44)39-17-19-45-20-18-39/h3-12,21,27H,2,13-20,22H2,1H3,(H,35,43)(H,36,42)(H,40,41). The van der Waals surface area contributed by atoms with E-state index in [1.807, 2.05) is 28.9 Å². The van der Waals surface area contributed by atoms with Crippen LogP contribution in [0.1, 0.15) is 50.7 Å². The molecule has 0 saturated carbocycles. The molecule has 2 aliphatic heterocycles. The van der Waals surface area contributed by atoms with Gasteiger partial charge in [0.25, 0.3) is 11.8 Å². The molecule has 0 spiro atoms. The van der Waals surface area contributed by atoms with Crippen LogP contribution in [0.15, 0.2) is 67.0 Å². The first kappa shape index (κ1) is 31.5. The van der Waals surface area contributed by atoms with Gasteiger partial charge in [-0.1, -0.05) is 29.8 Å². The summed E-state index contributed by atoms with van der Waals surface area (Å²) in [6.07, 6.45) is 3.50. The van der Waals surface area contributed by atoms with Crippen LogP contribution in [0.3, 0.4) is 0 Å². The molecule has 1 unspecified atom stereocenters. The van der Waals surface area contributed by atoms with Gasteiger partial charge in [-0.25, -0.2) is 4.79 Å². The Balaban J connectivity index is 1.38. The van der Waals surface area contributed by atoms with Crippen molar-refractivity contribution in [2.24, 2.45) is 0 Å². The number of carboxylic acids is 1. The number of carboxylic acid groups (broad SMARTS) is 1. The molecule has 2 aliphatic rings. The number of aryl methyl sites for hydroxylation is 1. The fourth-order valence-corrected chi connectivity index (χ4v) is 5.52. The number of benzene rings is 2. The Kier molecular flexibility index (Phi) is 10.3. The highest BCUT2D eigenvalue weighted by molar-refractivity contribution is 6.07. The third kappa shape index (κ3) is 8.15. The van der Waals surface area contributed by atoms with E-state index in [2.05, 4.69) is 20.5 Å². The topological polar surface area (TPSA) is 144 Å². The number of aliphatic carboxylic acids is 1. The van der Waals surface area contributed by atoms with Crippen LogP contribution in [-0.2, 0) is 9.53 Å². The maximum atomic E-state index is 13.5. The third-order valence-electron chi connectivity index (χ3n) is 8.00. The Hall–Kier alpha value is -4.97. The molecule has 3 aromatic rings. The molecule has 2 fully saturated rings. The van der Waals surface area contributed by atoms with Gasteiger partial charge in [-0.05, 0) is 49.2 Å². The minimum absolute atomic E-state index is 0.00266. The zero-order valence-corrected chi connectivity index (χ0v) is 25.3. The van der Waals surface area contributed by atoms with Crippen molar-refractivity contribution in [3.8, 4) is 0 Å². The van der Waals surface area contributed by atoms with Crippen LogP contribution in [-0.4, -0.2) is 96.2 Å². The molecule has 2 saturated heterocycles. The van der Waals surface area contributed by atoms with Crippen molar-refractivity contribution in [3.05, 3.63) is 89.2 Å². The number of morpholine rings is 1. The molecule has 5 rings (SSSR count). The average Bonchev–Trinajstić information content (AvgIpc) is 3.31. The zero-order valence-electron chi connectivity index (χ0n) is 25.3. The van der Waals surface area contributed by atoms with Crippen LogP contribution < -0.4 is 15.5 Å². The number of nitrogens with zero attached hydrogens (tertiary/aromatic N) is 4. The summed E-state index contributed by atoms with van der Waals surface area (Å²) in [6.45, 7) is 6.44. The van der Waals surface area contributed by atoms with Crippen molar-refractivity contribution in [3.63, 3.8) is 0 Å². The lowest BCUT2D eigenvalue weighted by atomic mass is 10.0. The molecular formula is C33H38N6O6. The van der Waals surface area contributed by atoms with E-state index in [0.29, 0.717) is 69.3 Å². The van der Waals surface area contributed by atoms with Gasteiger partial charge < -0.3 is 35.2 Å². The van der Waals surface area contributed by atoms with Gasteiger partial charge in [-0.15, -0.1) is 0 Å². The summed E-state index contributed by atoms with van der Waals surface area (Å²) in [4.78, 5) is 61.3. The molecule has 4 amide bonds. The summed E-state index contributed by atoms with van der Waals surface area (Å²) in [5, 5.41) is 15.3. The van der Waals surface area contributed by atoms with Crippen LogP contribution in [0.5, 0.6) is 0 Å². The first-order valence-electron chi connectivity index (χ1n) is 15.1. The summed E-state index contributed by atoms with van der Waals surface area (Å²) in [5.41, 5.74) is 3.53. The highest BCUT2D eigenvalue weighted by Gasteiger charge is 2.27. The van der Waals surface area contributed by atoms with E-state index in [1.165, 1.54) is 12.4 Å². The van der Waals surface area contributed by atoms with Gasteiger partial charge >= 0.3 is 12.0 Å². The van der Waals surface area contributed by atoms with Crippen molar-refractivity contribution in [2.45, 2.75) is 25.8 Å². The number of carbonyl (C=O) groups is 4. The SMILES string of the molecule is Cc1ccc(C(CC(=O)O)NC(=O)c2ccc(N3CCCN(C(=O)N4CCOCC4)CC3)c(NC(=O)c3ccncc3)c2)cc1. The molecule has 236 valence electrons. The minimum atomic E-state index is -1.04. The Morgan fingerprint density at radius 1 is 0.844 bits per heavy atom. The molecule has 2 aromatic carbocycles. The van der Waals surface area contributed by atoms with Crippen LogP contribution in [0.2, 0.25) is 0 Å². The number of hydrogen-bond acceptors (Lipinski definition) is 7. The second-order valence-corrected chi connectivity index (χ2v) is 11.2. The molecule has 0 bridgehead atoms. The molecule has 12 nitrogen and oxygen atoms in total. The Morgan fingerprint density at radius 2 is 1.56 bits per heavy atom. The fourth-order valence-electron chi connectivity index (χ4n) is 5.52. The van der Waals surface area contributed by atoms with E-state index in [1.54, 1.807) is 42.5 Å². The molecule has 3 heterocycles. The van der Waals surface area contributed by atoms with Crippen molar-refractivity contribution < 1.29 is 29.0 Å². The lowest BCUT2D eigenvalue weighted by molar-refractivity contribution is -0.137. The second-order valence-electron chi connectivity index (χ2n) is 11.2. The summed E-state index contributed by atoms with van der Waals surface area (Å²) in [5.74, 6) is -1.87. The average molecular weight is 615 g/mol. The van der Waals surface area contributed by atoms with E-state index >= 15 is 0 Å². The first-order chi connectivity index (χ1) is 21.8. The molecule has 45 heavy (non-hydrogen) atoms. The highest BCUT2D eigenvalue weighted by Crippen LogP contribution is 2.30. The van der Waals surface area contributed by atoms with E-state index < -0.39 is 17.9 Å². The Bertz CT molecular complexity index is 1510. The number of pyridine rings is 1. The van der Waals surface area contributed by atoms with E-state index in [0.717, 1.165) is 17.7 Å². The maximum absolute atomic E-state index is 13.5. The number of nitrogens with one attached hydrogen (secondary N) is 2. The maximum Gasteiger partial charge on any atom is 0.320 e. The predicted molar refractivity (Wildman–Crippen MR) is 168 cm³/mol. The van der Waals surface area contributed by atoms with E-state index in [-0.39, 0.29) is 23.9 Å². The zero-order chi connectivity index (χ0) is 31.8. The summed E-state index contributed by atoms with van der Waals surface area (Å²) in [6, 6.07) is 14.9. The Morgan fingerprint density at radius 3 is 2.27 bits per heavy atom. The molecular weight excluding hydrogens is 576 g/mol. The van der Waals surface area contributed by atoms with Gasteiger partial charge in [0.15, 0.2) is 0 Å². The smallest absolute Gasteiger partial charge is 0.320 e. The van der Waals surface area contributed by atoms with Gasteiger partial charge in [0.1, 0.15) is 0 Å². The van der Waals surface area contributed by atoms with Gasteiger partial charge in [-0.3, -0.25) is 19.4 Å². The molecule has 12 heteroatoms. The molecule has 3 N–H and O–H groups in total. The van der Waals surface area contributed by atoms with E-state index in [9.17, 15) is 24.3 Å². The number of urea groups is 1. The van der Waals surface area contributed by atoms with Crippen molar-refractivity contribution in [1.29, 1.82) is 0 Å². The van der Waals surface area contributed by atoms with Crippen LogP contribution >= 0.6 is 0 Å². The van der Waals surface area contributed by atoms with E-state index in [4.69, 9.17) is 4.74 Å². The number of ether oxygens (including phenoxy) is 1. The normalized spacial score (nSPS) is 16.0. The summed E-state index contributed by atoms with van der Waals surface area (Å²) in [7, 11) is 0. The van der Waals surface area contributed by atoms with Gasteiger partial charge in [-0.2, -0.15) is 0 Å². The largest absolute Gasteiger partial charge is 0.481 e. The number of anilines is 2. The van der Waals surface area contributed by atoms with Crippen molar-refractivity contribution >= 4 is 35.2 Å². The van der Waals surface area contributed by atoms with Gasteiger partial charge in [0.05, 0.1) is 37.1 Å². The number of amides is 4. The number of aromatic nitrogens is 1. The molecule has 0 radical (unpaired) electrons. The Labute approximate surface area is 262 Å². The first-order valence-corrected chi connectivity index (χ1v) is 15.1. The quantitative estimate of drug-likeness (QED) is 0.350. The number of hydrogen-bond donors (Lipinski definition) is 3. The molecule has 1 aromatic heterocycles. The lowest BCUT2D eigenvalue weighted by Crippen LogP contribution is -2.49. The van der Waals surface area contributed by atoms with Crippen LogP contribution in [0.4, 0.5) is 16.2 Å². The molecule has 1 atom stereocenters. The third-order valence-corrected chi connectivity index (χ3v) is 8.00. The van der Waals surface area contributed by atoms with Gasteiger partial charge in [0.2, 0.25) is 0 Å². The highest BCUT2D eigenvalue weighted by atomic mass is 16.5. The number of rotatable bonds is 8. The van der Waals surface area contributed by atoms with Crippen molar-refractivity contribution in [1.82, 2.24) is 20.1 Å². The van der Waals surface area contributed by atoms with Crippen LogP contribution in [0, 0.1) is 6.92 Å². The lowest BCUT2D eigenvalue weighted by Gasteiger charge is -2.32. The van der Waals surface area contributed by atoms with Crippen molar-refractivity contribution in [2.75, 3.05) is 62.7 Å². The number of carbonyl (C=O) groups excluding carboxylic acids is 3. The van der Waals surface area contributed by atoms with Gasteiger partial charge in [0, 0.05) is 62.8 Å². The monoisotopic (exact) mass is 614 g/mol. The second kappa shape index (κ2) is 14.7. The summed E-state index contributed by atoms with van der Waals surface area (Å²) < 4.78 is 5.39.